The summed E-state index contributed by atoms with van der Waals surface area (Å²) in [5.74, 6) is 0.887. The van der Waals surface area contributed by atoms with Crippen LogP contribution < -0.4 is 4.74 Å². The van der Waals surface area contributed by atoms with Gasteiger partial charge in [-0.3, -0.25) is 0 Å². The topological polar surface area (TPSA) is 29.5 Å². The molecule has 0 amide bonds. The van der Waals surface area contributed by atoms with Gasteiger partial charge < -0.3 is 9.84 Å². The fourth-order valence-electron chi connectivity index (χ4n) is 1.93. The Morgan fingerprint density at radius 3 is 2.94 bits per heavy atom. The molecule has 1 aromatic carbocycles. The summed E-state index contributed by atoms with van der Waals surface area (Å²) in [6.45, 7) is 0. The molecule has 0 radical (unpaired) electrons. The lowest BCUT2D eigenvalue weighted by Crippen LogP contribution is -2.12. The maximum absolute atomic E-state index is 13.5. The molecule has 0 bridgehead atoms. The first-order valence-corrected chi connectivity index (χ1v) is 6.40. The Bertz CT molecular complexity index is 364. The van der Waals surface area contributed by atoms with Crippen molar-refractivity contribution in [3.63, 3.8) is 0 Å². The van der Waals surface area contributed by atoms with E-state index >= 15 is 0 Å². The van der Waals surface area contributed by atoms with Crippen LogP contribution in [0.15, 0.2) is 18.2 Å². The number of thioether (sulfide) groups is 1. The van der Waals surface area contributed by atoms with Gasteiger partial charge in [0.1, 0.15) is 0 Å². The van der Waals surface area contributed by atoms with Gasteiger partial charge in [0, 0.05) is 5.25 Å². The van der Waals surface area contributed by atoms with Gasteiger partial charge in [-0.05, 0) is 36.3 Å². The largest absolute Gasteiger partial charge is 0.494 e. The summed E-state index contributed by atoms with van der Waals surface area (Å²) >= 11 is 1.76. The lowest BCUT2D eigenvalue weighted by atomic mass is 10.0. The summed E-state index contributed by atoms with van der Waals surface area (Å²) in [5.41, 5.74) is 0.637. The van der Waals surface area contributed by atoms with E-state index in [0.717, 1.165) is 18.6 Å². The van der Waals surface area contributed by atoms with E-state index < -0.39 is 11.9 Å². The number of ether oxygens (including phenoxy) is 1. The molecule has 2 rings (SSSR count). The summed E-state index contributed by atoms with van der Waals surface area (Å²) in [6.07, 6.45) is 1.55. The zero-order valence-electron chi connectivity index (χ0n) is 9.15. The maximum atomic E-state index is 13.5. The van der Waals surface area contributed by atoms with Crippen LogP contribution >= 0.6 is 11.8 Å². The standard InChI is InChI=1S/C12H15FO2S/c1-15-10-5-4-8(7-9(10)13)12(14)11-3-2-6-16-11/h4-5,7,11-12,14H,2-3,6H2,1H3. The van der Waals surface area contributed by atoms with Crippen LogP contribution in [-0.4, -0.2) is 23.2 Å². The van der Waals surface area contributed by atoms with E-state index in [0.29, 0.717) is 5.56 Å². The highest BCUT2D eigenvalue weighted by Gasteiger charge is 2.25. The molecule has 2 atom stereocenters. The number of methoxy groups -OCH3 is 1. The quantitative estimate of drug-likeness (QED) is 0.883. The van der Waals surface area contributed by atoms with Gasteiger partial charge in [-0.25, -0.2) is 4.39 Å². The van der Waals surface area contributed by atoms with Crippen molar-refractivity contribution in [3.8, 4) is 5.75 Å². The first kappa shape index (κ1) is 11.7. The third kappa shape index (κ3) is 2.33. The van der Waals surface area contributed by atoms with Crippen molar-refractivity contribution in [1.29, 1.82) is 0 Å². The molecule has 0 aliphatic carbocycles. The zero-order valence-corrected chi connectivity index (χ0v) is 9.97. The number of hydrogen-bond donors (Lipinski definition) is 1. The van der Waals surface area contributed by atoms with E-state index in [4.69, 9.17) is 4.74 Å². The lowest BCUT2D eigenvalue weighted by molar-refractivity contribution is 0.172. The molecule has 1 aliphatic heterocycles. The van der Waals surface area contributed by atoms with E-state index in [1.807, 2.05) is 0 Å². The first-order valence-electron chi connectivity index (χ1n) is 5.35. The number of aliphatic hydroxyl groups excluding tert-OH is 1. The van der Waals surface area contributed by atoms with Gasteiger partial charge in [0.05, 0.1) is 13.2 Å². The molecule has 1 aromatic rings. The van der Waals surface area contributed by atoms with Gasteiger partial charge in [0.2, 0.25) is 0 Å². The summed E-state index contributed by atoms with van der Waals surface area (Å²) in [5, 5.41) is 10.3. The first-order chi connectivity index (χ1) is 7.72. The minimum Gasteiger partial charge on any atom is -0.494 e. The van der Waals surface area contributed by atoms with Crippen LogP contribution in [0.25, 0.3) is 0 Å². The number of hydrogen-bond acceptors (Lipinski definition) is 3. The minimum atomic E-state index is -0.576. The average Bonchev–Trinajstić information content (AvgIpc) is 2.81. The monoisotopic (exact) mass is 242 g/mol. The van der Waals surface area contributed by atoms with Crippen molar-refractivity contribution >= 4 is 11.8 Å². The molecule has 1 heterocycles. The second-order valence-electron chi connectivity index (χ2n) is 3.89. The van der Waals surface area contributed by atoms with Crippen LogP contribution in [0.3, 0.4) is 0 Å². The number of aliphatic hydroxyl groups is 1. The molecule has 2 nitrogen and oxygen atoms in total. The molecule has 0 aromatic heterocycles. The molecule has 88 valence electrons. The van der Waals surface area contributed by atoms with Crippen LogP contribution in [-0.2, 0) is 0 Å². The van der Waals surface area contributed by atoms with Crippen LogP contribution in [0.2, 0.25) is 0 Å². The van der Waals surface area contributed by atoms with E-state index in [2.05, 4.69) is 0 Å². The van der Waals surface area contributed by atoms with Gasteiger partial charge >= 0.3 is 0 Å². The number of halogens is 1. The smallest absolute Gasteiger partial charge is 0.165 e. The van der Waals surface area contributed by atoms with Crippen LogP contribution in [0.1, 0.15) is 24.5 Å². The molecule has 1 fully saturated rings. The molecule has 16 heavy (non-hydrogen) atoms. The Morgan fingerprint density at radius 1 is 1.56 bits per heavy atom. The third-order valence-corrected chi connectivity index (χ3v) is 4.28. The highest BCUT2D eigenvalue weighted by atomic mass is 32.2. The normalized spacial score (nSPS) is 22.1. The fourth-order valence-corrected chi connectivity index (χ4v) is 3.24. The summed E-state index contributed by atoms with van der Waals surface area (Å²) in [6, 6.07) is 4.65. The predicted octanol–water partition coefficient (Wildman–Crippen LogP) is 2.76. The Labute approximate surface area is 98.8 Å². The minimum absolute atomic E-state index is 0.202. The Hall–Kier alpha value is -0.740. The number of rotatable bonds is 3. The molecule has 1 N–H and O–H groups in total. The lowest BCUT2D eigenvalue weighted by Gasteiger charge is -2.17. The average molecular weight is 242 g/mol. The van der Waals surface area contributed by atoms with Crippen molar-refractivity contribution < 1.29 is 14.2 Å². The molecule has 1 aliphatic rings. The van der Waals surface area contributed by atoms with E-state index in [-0.39, 0.29) is 11.0 Å². The second kappa shape index (κ2) is 5.06. The van der Waals surface area contributed by atoms with Gasteiger partial charge in [0.15, 0.2) is 11.6 Å². The van der Waals surface area contributed by atoms with Gasteiger partial charge in [0.25, 0.3) is 0 Å². The SMILES string of the molecule is COc1ccc(C(O)C2CCCS2)cc1F. The van der Waals surface area contributed by atoms with Crippen molar-refractivity contribution in [1.82, 2.24) is 0 Å². The van der Waals surface area contributed by atoms with Gasteiger partial charge in [-0.2, -0.15) is 11.8 Å². The number of benzene rings is 1. The highest BCUT2D eigenvalue weighted by molar-refractivity contribution is 8.00. The second-order valence-corrected chi connectivity index (χ2v) is 5.24. The van der Waals surface area contributed by atoms with Crippen molar-refractivity contribution in [2.75, 3.05) is 12.9 Å². The maximum Gasteiger partial charge on any atom is 0.165 e. The molecule has 1 saturated heterocycles. The Morgan fingerprint density at radius 2 is 2.38 bits per heavy atom. The predicted molar refractivity (Wildman–Crippen MR) is 63.4 cm³/mol. The van der Waals surface area contributed by atoms with Crippen LogP contribution in [0.5, 0.6) is 5.75 Å². The summed E-state index contributed by atoms with van der Waals surface area (Å²) < 4.78 is 18.3. The molecular weight excluding hydrogens is 227 g/mol. The highest BCUT2D eigenvalue weighted by Crippen LogP contribution is 2.36. The summed E-state index contributed by atoms with van der Waals surface area (Å²) in [7, 11) is 1.43. The van der Waals surface area contributed by atoms with E-state index in [1.165, 1.54) is 13.2 Å². The van der Waals surface area contributed by atoms with Crippen molar-refractivity contribution in [3.05, 3.63) is 29.6 Å². The fraction of sp³-hybridized carbons (Fsp3) is 0.500. The van der Waals surface area contributed by atoms with Crippen LogP contribution in [0, 0.1) is 5.82 Å². The Kier molecular flexibility index (Phi) is 3.71. The molecule has 2 unspecified atom stereocenters. The Balaban J connectivity index is 2.16. The molecule has 0 spiro atoms. The van der Waals surface area contributed by atoms with Crippen LogP contribution in [0.4, 0.5) is 4.39 Å². The molecule has 4 heteroatoms. The van der Waals surface area contributed by atoms with Gasteiger partial charge in [-0.15, -0.1) is 0 Å². The zero-order chi connectivity index (χ0) is 11.5. The van der Waals surface area contributed by atoms with E-state index in [9.17, 15) is 9.50 Å². The van der Waals surface area contributed by atoms with Gasteiger partial charge in [-0.1, -0.05) is 6.07 Å². The molecule has 0 saturated carbocycles. The van der Waals surface area contributed by atoms with Crippen molar-refractivity contribution in [2.45, 2.75) is 24.2 Å². The third-order valence-electron chi connectivity index (χ3n) is 2.83. The molecular formula is C12H15FO2S. The van der Waals surface area contributed by atoms with Crippen molar-refractivity contribution in [2.24, 2.45) is 0 Å². The van der Waals surface area contributed by atoms with E-state index in [1.54, 1.807) is 23.9 Å². The summed E-state index contributed by atoms with van der Waals surface area (Å²) in [4.78, 5) is 0.